The molecular formula is C21H26N2O2. The Morgan fingerprint density at radius 3 is 2.16 bits per heavy atom. The minimum absolute atomic E-state index is 0.0256. The van der Waals surface area contributed by atoms with Crippen LogP contribution in [0.1, 0.15) is 31.7 Å². The first-order chi connectivity index (χ1) is 12.0. The van der Waals surface area contributed by atoms with E-state index in [9.17, 15) is 9.59 Å². The van der Waals surface area contributed by atoms with E-state index in [1.54, 1.807) is 16.8 Å². The van der Waals surface area contributed by atoms with Crippen LogP contribution in [0.4, 0.5) is 11.4 Å². The Hall–Kier alpha value is -2.62. The van der Waals surface area contributed by atoms with Gasteiger partial charge >= 0.3 is 0 Å². The summed E-state index contributed by atoms with van der Waals surface area (Å²) in [6, 6.07) is 17.5. The molecule has 0 spiro atoms. The number of nitrogens with zero attached hydrogens (tertiary/aromatic N) is 2. The maximum Gasteiger partial charge on any atom is 0.226 e. The van der Waals surface area contributed by atoms with E-state index in [0.29, 0.717) is 25.8 Å². The fourth-order valence-electron chi connectivity index (χ4n) is 2.79. The zero-order valence-corrected chi connectivity index (χ0v) is 15.2. The lowest BCUT2D eigenvalue weighted by atomic mass is 10.1. The summed E-state index contributed by atoms with van der Waals surface area (Å²) in [5.74, 6) is 0.0841. The predicted molar refractivity (Wildman–Crippen MR) is 103 cm³/mol. The number of rotatable bonds is 7. The third kappa shape index (κ3) is 5.18. The predicted octanol–water partition coefficient (Wildman–Crippen LogP) is 4.18. The Morgan fingerprint density at radius 1 is 0.880 bits per heavy atom. The molecule has 4 heteroatoms. The van der Waals surface area contributed by atoms with Crippen LogP contribution in [0.2, 0.25) is 0 Å². The number of aryl methyl sites for hydroxylation is 1. The van der Waals surface area contributed by atoms with E-state index < -0.39 is 0 Å². The van der Waals surface area contributed by atoms with Crippen LogP contribution in [0.3, 0.4) is 0 Å². The van der Waals surface area contributed by atoms with E-state index in [1.165, 1.54) is 0 Å². The van der Waals surface area contributed by atoms with Crippen LogP contribution in [-0.4, -0.2) is 25.4 Å². The van der Waals surface area contributed by atoms with Crippen molar-refractivity contribution in [2.24, 2.45) is 0 Å². The highest BCUT2D eigenvalue weighted by Gasteiger charge is 2.16. The van der Waals surface area contributed by atoms with E-state index >= 15 is 0 Å². The Balaban J connectivity index is 1.87. The van der Waals surface area contributed by atoms with Gasteiger partial charge in [-0.15, -0.1) is 0 Å². The summed E-state index contributed by atoms with van der Waals surface area (Å²) in [7, 11) is 1.77. The van der Waals surface area contributed by atoms with Crippen LogP contribution in [0.15, 0.2) is 54.6 Å². The molecule has 0 bridgehead atoms. The highest BCUT2D eigenvalue weighted by Crippen LogP contribution is 2.18. The molecule has 0 aliphatic rings. The van der Waals surface area contributed by atoms with Gasteiger partial charge < -0.3 is 9.80 Å². The molecule has 0 saturated heterocycles. The molecule has 0 aliphatic heterocycles. The molecular weight excluding hydrogens is 312 g/mol. The van der Waals surface area contributed by atoms with Gasteiger partial charge in [0, 0.05) is 37.8 Å². The summed E-state index contributed by atoms with van der Waals surface area (Å²) in [5, 5.41) is 0. The fraction of sp³-hybridized carbons (Fsp3) is 0.333. The lowest BCUT2D eigenvalue weighted by Gasteiger charge is -2.22. The Bertz CT molecular complexity index is 713. The molecule has 2 aromatic rings. The van der Waals surface area contributed by atoms with Crippen LogP contribution in [0.25, 0.3) is 0 Å². The first-order valence-electron chi connectivity index (χ1n) is 8.71. The van der Waals surface area contributed by atoms with Gasteiger partial charge in [0.05, 0.1) is 0 Å². The molecule has 2 amide bonds. The van der Waals surface area contributed by atoms with E-state index in [0.717, 1.165) is 16.9 Å². The van der Waals surface area contributed by atoms with Gasteiger partial charge in [0.25, 0.3) is 0 Å². The zero-order chi connectivity index (χ0) is 18.2. The minimum atomic E-state index is 0.0256. The molecule has 0 N–H and O–H groups in total. The van der Waals surface area contributed by atoms with Gasteiger partial charge in [0.2, 0.25) is 11.8 Å². The molecule has 132 valence electrons. The SMILES string of the molecule is CCN(C(=O)CCCC(=O)N(C)c1ccccc1)c1cccc(C)c1. The summed E-state index contributed by atoms with van der Waals surface area (Å²) < 4.78 is 0. The Morgan fingerprint density at radius 2 is 1.52 bits per heavy atom. The van der Waals surface area contributed by atoms with Gasteiger partial charge in [0.1, 0.15) is 0 Å². The van der Waals surface area contributed by atoms with Crippen molar-refractivity contribution in [1.29, 1.82) is 0 Å². The van der Waals surface area contributed by atoms with Gasteiger partial charge in [-0.25, -0.2) is 0 Å². The summed E-state index contributed by atoms with van der Waals surface area (Å²) in [6.07, 6.45) is 1.29. The van der Waals surface area contributed by atoms with Crippen molar-refractivity contribution in [3.8, 4) is 0 Å². The molecule has 0 unspecified atom stereocenters. The molecule has 2 aromatic carbocycles. The molecule has 0 saturated carbocycles. The van der Waals surface area contributed by atoms with E-state index in [2.05, 4.69) is 0 Å². The Kier molecular flexibility index (Phi) is 6.75. The van der Waals surface area contributed by atoms with Crippen LogP contribution in [0, 0.1) is 6.92 Å². The summed E-state index contributed by atoms with van der Waals surface area (Å²) >= 11 is 0. The van der Waals surface area contributed by atoms with E-state index in [4.69, 9.17) is 0 Å². The van der Waals surface area contributed by atoms with Crippen molar-refractivity contribution < 1.29 is 9.59 Å². The topological polar surface area (TPSA) is 40.6 Å². The van der Waals surface area contributed by atoms with Crippen molar-refractivity contribution in [3.05, 3.63) is 60.2 Å². The average Bonchev–Trinajstić information content (AvgIpc) is 2.62. The van der Waals surface area contributed by atoms with Crippen molar-refractivity contribution in [1.82, 2.24) is 0 Å². The van der Waals surface area contributed by atoms with E-state index in [-0.39, 0.29) is 11.8 Å². The van der Waals surface area contributed by atoms with E-state index in [1.807, 2.05) is 68.4 Å². The summed E-state index contributed by atoms with van der Waals surface area (Å²) in [6.45, 7) is 4.61. The maximum atomic E-state index is 12.5. The molecule has 0 atom stereocenters. The van der Waals surface area contributed by atoms with Crippen LogP contribution in [-0.2, 0) is 9.59 Å². The molecule has 0 radical (unpaired) electrons. The molecule has 25 heavy (non-hydrogen) atoms. The van der Waals surface area contributed by atoms with Crippen molar-refractivity contribution >= 4 is 23.2 Å². The Labute approximate surface area is 150 Å². The summed E-state index contributed by atoms with van der Waals surface area (Å²) in [5.41, 5.74) is 2.91. The number of para-hydroxylation sites is 1. The van der Waals surface area contributed by atoms with Crippen molar-refractivity contribution in [2.75, 3.05) is 23.4 Å². The number of benzene rings is 2. The number of amides is 2. The first-order valence-corrected chi connectivity index (χ1v) is 8.71. The van der Waals surface area contributed by atoms with Crippen molar-refractivity contribution in [2.45, 2.75) is 33.1 Å². The monoisotopic (exact) mass is 338 g/mol. The van der Waals surface area contributed by atoms with Crippen LogP contribution < -0.4 is 9.80 Å². The molecule has 2 rings (SSSR count). The standard InChI is InChI=1S/C21H26N2O2/c1-4-23(19-13-8-10-17(2)16-19)21(25)15-9-14-20(24)22(3)18-11-6-5-7-12-18/h5-8,10-13,16H,4,9,14-15H2,1-3H3. The lowest BCUT2D eigenvalue weighted by molar-refractivity contribution is -0.119. The molecule has 0 aliphatic carbocycles. The highest BCUT2D eigenvalue weighted by atomic mass is 16.2. The zero-order valence-electron chi connectivity index (χ0n) is 15.2. The van der Waals surface area contributed by atoms with Gasteiger partial charge in [-0.05, 0) is 50.1 Å². The van der Waals surface area contributed by atoms with Gasteiger partial charge in [-0.1, -0.05) is 30.3 Å². The van der Waals surface area contributed by atoms with Crippen LogP contribution >= 0.6 is 0 Å². The van der Waals surface area contributed by atoms with Crippen molar-refractivity contribution in [3.63, 3.8) is 0 Å². The average molecular weight is 338 g/mol. The molecule has 0 heterocycles. The number of hydrogen-bond donors (Lipinski definition) is 0. The number of hydrogen-bond acceptors (Lipinski definition) is 2. The number of carbonyl (C=O) groups is 2. The largest absolute Gasteiger partial charge is 0.316 e. The maximum absolute atomic E-state index is 12.5. The summed E-state index contributed by atoms with van der Waals surface area (Å²) in [4.78, 5) is 28.2. The fourth-order valence-corrected chi connectivity index (χ4v) is 2.79. The number of carbonyl (C=O) groups excluding carboxylic acids is 2. The quantitative estimate of drug-likeness (QED) is 0.760. The molecule has 4 nitrogen and oxygen atoms in total. The highest BCUT2D eigenvalue weighted by molar-refractivity contribution is 5.95. The number of anilines is 2. The smallest absolute Gasteiger partial charge is 0.226 e. The van der Waals surface area contributed by atoms with Gasteiger partial charge in [-0.2, -0.15) is 0 Å². The molecule has 0 fully saturated rings. The normalized spacial score (nSPS) is 10.4. The third-order valence-electron chi connectivity index (χ3n) is 4.23. The second kappa shape index (κ2) is 9.02. The second-order valence-electron chi connectivity index (χ2n) is 6.12. The second-order valence-corrected chi connectivity index (χ2v) is 6.12. The van der Waals surface area contributed by atoms with Crippen LogP contribution in [0.5, 0.6) is 0 Å². The van der Waals surface area contributed by atoms with Gasteiger partial charge in [-0.3, -0.25) is 9.59 Å². The third-order valence-corrected chi connectivity index (χ3v) is 4.23. The van der Waals surface area contributed by atoms with Gasteiger partial charge in [0.15, 0.2) is 0 Å². The minimum Gasteiger partial charge on any atom is -0.316 e. The lowest BCUT2D eigenvalue weighted by Crippen LogP contribution is -2.31. The first kappa shape index (κ1) is 18.7. The molecule has 0 aromatic heterocycles.